The molecule has 1 heterocycles. The zero-order valence-electron chi connectivity index (χ0n) is 14.9. The van der Waals surface area contributed by atoms with E-state index < -0.39 is 11.9 Å². The van der Waals surface area contributed by atoms with Crippen LogP contribution in [0.5, 0.6) is 11.5 Å². The summed E-state index contributed by atoms with van der Waals surface area (Å²) in [5.74, 6) is 0.0285. The van der Waals surface area contributed by atoms with Crippen LogP contribution >= 0.6 is 22.6 Å². The summed E-state index contributed by atoms with van der Waals surface area (Å²) in [6.07, 6.45) is 1.60. The lowest BCUT2D eigenvalue weighted by molar-refractivity contribution is -0.132. The van der Waals surface area contributed by atoms with Gasteiger partial charge in [0.25, 0.3) is 0 Å². The Kier molecular flexibility index (Phi) is 5.59. The van der Waals surface area contributed by atoms with Gasteiger partial charge in [0.1, 0.15) is 0 Å². The third-order valence-electron chi connectivity index (χ3n) is 3.72. The monoisotopic (exact) mass is 477 g/mol. The lowest BCUT2D eigenvalue weighted by atomic mass is 10.1. The van der Waals surface area contributed by atoms with Gasteiger partial charge in [-0.15, -0.1) is 0 Å². The van der Waals surface area contributed by atoms with Gasteiger partial charge in [-0.2, -0.15) is 0 Å². The molecule has 0 atom stereocenters. The van der Waals surface area contributed by atoms with Gasteiger partial charge in [-0.05, 0) is 65.4 Å². The van der Waals surface area contributed by atoms with Crippen LogP contribution in [-0.2, 0) is 14.3 Å². The smallest absolute Gasteiger partial charge is 0.363 e. The summed E-state index contributed by atoms with van der Waals surface area (Å²) < 4.78 is 16.4. The summed E-state index contributed by atoms with van der Waals surface area (Å²) in [5, 5.41) is 0. The van der Waals surface area contributed by atoms with E-state index in [4.69, 9.17) is 14.2 Å². The highest BCUT2D eigenvalue weighted by molar-refractivity contribution is 14.1. The van der Waals surface area contributed by atoms with E-state index in [1.54, 1.807) is 18.2 Å². The molecule has 2 aromatic carbocycles. The fourth-order valence-corrected chi connectivity index (χ4v) is 3.19. The Morgan fingerprint density at radius 2 is 1.93 bits per heavy atom. The number of hydrogen-bond acceptors (Lipinski definition) is 6. The van der Waals surface area contributed by atoms with Gasteiger partial charge in [0, 0.05) is 12.5 Å². The first-order chi connectivity index (χ1) is 12.9. The number of nitrogens with zero attached hydrogens (tertiary/aromatic N) is 1. The zero-order chi connectivity index (χ0) is 19.6. The minimum absolute atomic E-state index is 0.184. The second-order valence-electron chi connectivity index (χ2n) is 5.83. The average molecular weight is 477 g/mol. The molecule has 1 aliphatic heterocycles. The molecular formula is C20H16INO5. The number of aliphatic imine (C=N–C) groups is 1. The quantitative estimate of drug-likeness (QED) is 0.289. The van der Waals surface area contributed by atoms with Crippen molar-refractivity contribution >= 4 is 46.5 Å². The van der Waals surface area contributed by atoms with E-state index in [1.807, 2.05) is 53.8 Å². The molecule has 6 nitrogen and oxygen atoms in total. The molecule has 27 heavy (non-hydrogen) atoms. The largest absolute Gasteiger partial charge is 0.493 e. The molecule has 0 unspecified atom stereocenters. The van der Waals surface area contributed by atoms with Crippen LogP contribution in [0.15, 0.2) is 47.1 Å². The van der Waals surface area contributed by atoms with Crippen molar-refractivity contribution in [2.75, 3.05) is 7.11 Å². The van der Waals surface area contributed by atoms with Crippen LogP contribution < -0.4 is 9.47 Å². The van der Waals surface area contributed by atoms with Crippen LogP contribution in [-0.4, -0.2) is 24.9 Å². The highest BCUT2D eigenvalue weighted by Crippen LogP contribution is 2.35. The Balaban J connectivity index is 1.96. The minimum atomic E-state index is -0.524. The highest BCUT2D eigenvalue weighted by Gasteiger charge is 2.24. The Morgan fingerprint density at radius 3 is 2.56 bits per heavy atom. The molecule has 3 rings (SSSR count). The molecule has 138 valence electrons. The van der Waals surface area contributed by atoms with E-state index in [1.165, 1.54) is 14.0 Å². The van der Waals surface area contributed by atoms with Crippen molar-refractivity contribution in [1.82, 2.24) is 0 Å². The van der Waals surface area contributed by atoms with Crippen LogP contribution in [0, 0.1) is 10.5 Å². The molecule has 7 heteroatoms. The van der Waals surface area contributed by atoms with Gasteiger partial charge < -0.3 is 14.2 Å². The molecule has 0 bridgehead atoms. The Labute approximate surface area is 170 Å². The summed E-state index contributed by atoms with van der Waals surface area (Å²) in [4.78, 5) is 27.7. The predicted octanol–water partition coefficient (Wildman–Crippen LogP) is 3.88. The van der Waals surface area contributed by atoms with Crippen molar-refractivity contribution in [1.29, 1.82) is 0 Å². The number of carbonyl (C=O) groups is 2. The Morgan fingerprint density at radius 1 is 1.22 bits per heavy atom. The van der Waals surface area contributed by atoms with Crippen molar-refractivity contribution in [2.45, 2.75) is 13.8 Å². The maximum atomic E-state index is 12.2. The van der Waals surface area contributed by atoms with E-state index in [9.17, 15) is 9.59 Å². The SMILES string of the molecule is COc1cc(/C=C2\N=C(c3ccc(C)cc3)OC2=O)cc(I)c1OC(C)=O. The lowest BCUT2D eigenvalue weighted by Gasteiger charge is -2.11. The summed E-state index contributed by atoms with van der Waals surface area (Å²) in [5.41, 5.74) is 2.69. The Bertz CT molecular complexity index is 977. The zero-order valence-corrected chi connectivity index (χ0v) is 17.1. The maximum absolute atomic E-state index is 12.2. The molecule has 0 fully saturated rings. The van der Waals surface area contributed by atoms with Gasteiger partial charge in [0.2, 0.25) is 5.90 Å². The molecule has 1 aliphatic rings. The summed E-state index contributed by atoms with van der Waals surface area (Å²) in [6.45, 7) is 3.30. The summed E-state index contributed by atoms with van der Waals surface area (Å²) in [7, 11) is 1.48. The van der Waals surface area contributed by atoms with Crippen LogP contribution in [0.2, 0.25) is 0 Å². The first kappa shape index (κ1) is 19.1. The lowest BCUT2D eigenvalue weighted by Crippen LogP contribution is -2.05. The second kappa shape index (κ2) is 7.91. The number of rotatable bonds is 4. The molecule has 0 saturated carbocycles. The molecule has 0 aliphatic carbocycles. The molecule has 0 saturated heterocycles. The van der Waals surface area contributed by atoms with Gasteiger partial charge in [-0.3, -0.25) is 4.79 Å². The van der Waals surface area contributed by atoms with Crippen LogP contribution in [0.3, 0.4) is 0 Å². The number of aryl methyl sites for hydroxylation is 1. The molecule has 0 radical (unpaired) electrons. The topological polar surface area (TPSA) is 74.2 Å². The summed E-state index contributed by atoms with van der Waals surface area (Å²) >= 11 is 2.04. The van der Waals surface area contributed by atoms with Crippen LogP contribution in [0.1, 0.15) is 23.6 Å². The first-order valence-corrected chi connectivity index (χ1v) is 9.11. The van der Waals surface area contributed by atoms with Crippen LogP contribution in [0.25, 0.3) is 6.08 Å². The van der Waals surface area contributed by atoms with E-state index in [0.717, 1.165) is 11.1 Å². The Hall–Kier alpha value is -2.68. The maximum Gasteiger partial charge on any atom is 0.363 e. The first-order valence-electron chi connectivity index (χ1n) is 8.03. The molecule has 0 aromatic heterocycles. The van der Waals surface area contributed by atoms with Crippen molar-refractivity contribution in [3.63, 3.8) is 0 Å². The fraction of sp³-hybridized carbons (Fsp3) is 0.150. The number of cyclic esters (lactones) is 1. The molecular weight excluding hydrogens is 461 g/mol. The number of benzene rings is 2. The van der Waals surface area contributed by atoms with Gasteiger partial charge >= 0.3 is 11.9 Å². The number of methoxy groups -OCH3 is 1. The number of halogens is 1. The van der Waals surface area contributed by atoms with E-state index in [0.29, 0.717) is 20.6 Å². The van der Waals surface area contributed by atoms with Crippen molar-refractivity contribution in [3.05, 3.63) is 62.4 Å². The van der Waals surface area contributed by atoms with Gasteiger partial charge in [0.15, 0.2) is 17.2 Å². The van der Waals surface area contributed by atoms with Crippen LogP contribution in [0.4, 0.5) is 0 Å². The predicted molar refractivity (Wildman–Crippen MR) is 109 cm³/mol. The molecule has 0 amide bonds. The molecule has 0 N–H and O–H groups in total. The van der Waals surface area contributed by atoms with Crippen molar-refractivity contribution < 1.29 is 23.8 Å². The van der Waals surface area contributed by atoms with Gasteiger partial charge in [-0.1, -0.05) is 17.7 Å². The van der Waals surface area contributed by atoms with Crippen molar-refractivity contribution in [3.8, 4) is 11.5 Å². The fourth-order valence-electron chi connectivity index (χ4n) is 2.45. The number of hydrogen-bond donors (Lipinski definition) is 0. The third-order valence-corrected chi connectivity index (χ3v) is 4.52. The van der Waals surface area contributed by atoms with E-state index in [-0.39, 0.29) is 11.6 Å². The normalized spacial score (nSPS) is 14.7. The third kappa shape index (κ3) is 4.36. The second-order valence-corrected chi connectivity index (χ2v) is 6.99. The van der Waals surface area contributed by atoms with E-state index in [2.05, 4.69) is 4.99 Å². The molecule has 2 aromatic rings. The van der Waals surface area contributed by atoms with E-state index >= 15 is 0 Å². The summed E-state index contributed by atoms with van der Waals surface area (Å²) in [6, 6.07) is 11.0. The average Bonchev–Trinajstić information content (AvgIpc) is 2.98. The molecule has 0 spiro atoms. The van der Waals surface area contributed by atoms with Gasteiger partial charge in [0.05, 0.1) is 10.7 Å². The van der Waals surface area contributed by atoms with Gasteiger partial charge in [-0.25, -0.2) is 9.79 Å². The number of carbonyl (C=O) groups excluding carboxylic acids is 2. The van der Waals surface area contributed by atoms with Crippen molar-refractivity contribution in [2.24, 2.45) is 4.99 Å². The number of esters is 2. The highest BCUT2D eigenvalue weighted by atomic mass is 127. The standard InChI is InChI=1S/C20H16INO5/c1-11-4-6-14(7-5-11)19-22-16(20(24)27-19)9-13-8-15(21)18(26-12(2)23)17(10-13)25-3/h4-10H,1-3H3/b16-9-. The minimum Gasteiger partial charge on any atom is -0.493 e. The number of ether oxygens (including phenoxy) is 3.